The van der Waals surface area contributed by atoms with E-state index < -0.39 is 12.0 Å². The minimum absolute atomic E-state index is 0.00315. The quantitative estimate of drug-likeness (QED) is 0.844. The van der Waals surface area contributed by atoms with Crippen LogP contribution in [0.4, 0.5) is 19.0 Å². The first kappa shape index (κ1) is 18.8. The number of fused-ring (bicyclic) bond motifs is 1. The molecule has 0 bridgehead atoms. The Labute approximate surface area is 141 Å². The number of hydrogen-bond acceptors (Lipinski definition) is 7. The first-order valence-corrected chi connectivity index (χ1v) is 7.18. The maximum Gasteiger partial charge on any atom is 0.451 e. The van der Waals surface area contributed by atoms with Gasteiger partial charge in [0.05, 0.1) is 33.3 Å². The Morgan fingerprint density at radius 1 is 1.08 bits per heavy atom. The van der Waals surface area contributed by atoms with E-state index in [1.54, 1.807) is 0 Å². The molecule has 7 nitrogen and oxygen atoms in total. The molecule has 0 aliphatic rings. The van der Waals surface area contributed by atoms with Gasteiger partial charge in [0.2, 0.25) is 11.6 Å². The number of rotatable bonds is 6. The van der Waals surface area contributed by atoms with Crippen molar-refractivity contribution in [3.8, 4) is 17.2 Å². The number of methoxy groups -OCH3 is 3. The Kier molecular flexibility index (Phi) is 5.41. The third kappa shape index (κ3) is 3.48. The zero-order valence-corrected chi connectivity index (χ0v) is 14.1. The van der Waals surface area contributed by atoms with Crippen LogP contribution in [0.5, 0.6) is 17.2 Å². The smallest absolute Gasteiger partial charge is 0.451 e. The fraction of sp³-hybridized carbons (Fsp3) is 0.467. The van der Waals surface area contributed by atoms with Gasteiger partial charge in [-0.15, -0.1) is 0 Å². The Balaban J connectivity index is 2.93. The van der Waals surface area contributed by atoms with Crippen LogP contribution in [0.3, 0.4) is 0 Å². The zero-order chi connectivity index (χ0) is 18.8. The van der Waals surface area contributed by atoms with Crippen LogP contribution < -0.4 is 19.1 Å². The van der Waals surface area contributed by atoms with Crippen molar-refractivity contribution >= 4 is 16.7 Å². The minimum atomic E-state index is -4.75. The van der Waals surface area contributed by atoms with Gasteiger partial charge in [0.25, 0.3) is 0 Å². The molecule has 0 atom stereocenters. The lowest BCUT2D eigenvalue weighted by molar-refractivity contribution is -0.144. The van der Waals surface area contributed by atoms with Gasteiger partial charge in [0.15, 0.2) is 11.5 Å². The van der Waals surface area contributed by atoms with Gasteiger partial charge in [-0.25, -0.2) is 9.97 Å². The van der Waals surface area contributed by atoms with Crippen molar-refractivity contribution in [2.45, 2.75) is 6.18 Å². The number of halogens is 3. The highest BCUT2D eigenvalue weighted by Gasteiger charge is 2.37. The summed E-state index contributed by atoms with van der Waals surface area (Å²) in [6, 6.07) is 1.47. The van der Waals surface area contributed by atoms with Crippen LogP contribution in [-0.4, -0.2) is 56.6 Å². The molecule has 138 valence electrons. The second-order valence-corrected chi connectivity index (χ2v) is 5.06. The number of likely N-dealkylation sites (N-methyl/N-ethyl adjacent to an activating group) is 1. The van der Waals surface area contributed by atoms with E-state index in [1.807, 2.05) is 0 Å². The molecule has 0 spiro atoms. The molecule has 0 saturated heterocycles. The molecule has 0 radical (unpaired) electrons. The second kappa shape index (κ2) is 7.18. The molecule has 10 heteroatoms. The van der Waals surface area contributed by atoms with Gasteiger partial charge in [0.1, 0.15) is 11.3 Å². The predicted octanol–water partition coefficient (Wildman–Crippen LogP) is 2.10. The molecule has 2 rings (SSSR count). The number of aliphatic hydroxyl groups is 1. The third-order valence-corrected chi connectivity index (χ3v) is 3.52. The topological polar surface area (TPSA) is 76.9 Å². The normalized spacial score (nSPS) is 11.5. The summed E-state index contributed by atoms with van der Waals surface area (Å²) in [5.41, 5.74) is -0.0673. The van der Waals surface area contributed by atoms with Crippen LogP contribution in [-0.2, 0) is 6.18 Å². The molecule has 1 N–H and O–H groups in total. The molecule has 0 aliphatic carbocycles. The first-order valence-electron chi connectivity index (χ1n) is 7.18. The lowest BCUT2D eigenvalue weighted by atomic mass is 10.1. The number of hydrogen-bond donors (Lipinski definition) is 1. The molecule has 0 saturated carbocycles. The van der Waals surface area contributed by atoms with E-state index in [0.717, 1.165) is 0 Å². The first-order chi connectivity index (χ1) is 11.8. The van der Waals surface area contributed by atoms with Crippen LogP contribution in [0.2, 0.25) is 0 Å². The van der Waals surface area contributed by atoms with Crippen molar-refractivity contribution in [1.82, 2.24) is 9.97 Å². The summed E-state index contributed by atoms with van der Waals surface area (Å²) in [5.74, 6) is -0.937. The highest BCUT2D eigenvalue weighted by atomic mass is 19.4. The zero-order valence-electron chi connectivity index (χ0n) is 14.1. The SMILES string of the molecule is COc1cc2c(N(C)CCO)nc(C(F)(F)F)nc2c(OC)c1OC. The summed E-state index contributed by atoms with van der Waals surface area (Å²) in [7, 11) is 5.55. The van der Waals surface area contributed by atoms with E-state index in [2.05, 4.69) is 9.97 Å². The molecule has 2 aromatic rings. The summed E-state index contributed by atoms with van der Waals surface area (Å²) in [5, 5.41) is 9.38. The number of alkyl halides is 3. The van der Waals surface area contributed by atoms with E-state index in [0.29, 0.717) is 0 Å². The Morgan fingerprint density at radius 2 is 1.72 bits per heavy atom. The molecular formula is C15H18F3N3O4. The molecule has 0 unspecified atom stereocenters. The minimum Gasteiger partial charge on any atom is -0.493 e. The van der Waals surface area contributed by atoms with Crippen molar-refractivity contribution in [2.75, 3.05) is 46.4 Å². The van der Waals surface area contributed by atoms with Crippen LogP contribution >= 0.6 is 0 Å². The maximum absolute atomic E-state index is 13.2. The monoisotopic (exact) mass is 361 g/mol. The van der Waals surface area contributed by atoms with Gasteiger partial charge < -0.3 is 24.2 Å². The third-order valence-electron chi connectivity index (χ3n) is 3.52. The standard InChI is InChI=1S/C15H18F3N3O4/c1-21(5-6-22)13-8-7-9(23-2)11(24-3)12(25-4)10(8)19-14(20-13)15(16,17)18/h7,22H,5-6H2,1-4H3. The van der Waals surface area contributed by atoms with Crippen molar-refractivity contribution in [1.29, 1.82) is 0 Å². The molecule has 0 fully saturated rings. The predicted molar refractivity (Wildman–Crippen MR) is 84.6 cm³/mol. The molecule has 1 heterocycles. The van der Waals surface area contributed by atoms with Crippen molar-refractivity contribution < 1.29 is 32.5 Å². The van der Waals surface area contributed by atoms with Gasteiger partial charge >= 0.3 is 6.18 Å². The molecule has 0 amide bonds. The van der Waals surface area contributed by atoms with E-state index >= 15 is 0 Å². The second-order valence-electron chi connectivity index (χ2n) is 5.06. The molecule has 0 aliphatic heterocycles. The van der Waals surface area contributed by atoms with Crippen molar-refractivity contribution in [3.63, 3.8) is 0 Å². The van der Waals surface area contributed by atoms with E-state index in [4.69, 9.17) is 19.3 Å². The van der Waals surface area contributed by atoms with Crippen LogP contribution in [0.1, 0.15) is 5.82 Å². The van der Waals surface area contributed by atoms with Gasteiger partial charge in [-0.1, -0.05) is 0 Å². The summed E-state index contributed by atoms with van der Waals surface area (Å²) >= 11 is 0. The molecule has 1 aromatic heterocycles. The number of anilines is 1. The van der Waals surface area contributed by atoms with E-state index in [9.17, 15) is 13.2 Å². The van der Waals surface area contributed by atoms with Gasteiger partial charge in [-0.05, 0) is 6.07 Å². The Bertz CT molecular complexity index is 768. The average Bonchev–Trinajstić information content (AvgIpc) is 2.58. The molecular weight excluding hydrogens is 343 g/mol. The lowest BCUT2D eigenvalue weighted by Gasteiger charge is -2.22. The summed E-state index contributed by atoms with van der Waals surface area (Å²) < 4.78 is 55.3. The largest absolute Gasteiger partial charge is 0.493 e. The van der Waals surface area contributed by atoms with Gasteiger partial charge in [0, 0.05) is 13.6 Å². The Morgan fingerprint density at radius 3 is 2.20 bits per heavy atom. The number of aliphatic hydroxyl groups excluding tert-OH is 1. The molecule has 1 aromatic carbocycles. The lowest BCUT2D eigenvalue weighted by Crippen LogP contribution is -2.24. The van der Waals surface area contributed by atoms with Crippen molar-refractivity contribution in [3.05, 3.63) is 11.9 Å². The number of nitrogens with zero attached hydrogens (tertiary/aromatic N) is 3. The number of aromatic nitrogens is 2. The van der Waals surface area contributed by atoms with Gasteiger partial charge in [-0.2, -0.15) is 13.2 Å². The van der Waals surface area contributed by atoms with Crippen LogP contribution in [0.25, 0.3) is 10.9 Å². The van der Waals surface area contributed by atoms with E-state index in [-0.39, 0.29) is 47.1 Å². The Hall–Kier alpha value is -2.49. The highest BCUT2D eigenvalue weighted by Crippen LogP contribution is 2.45. The van der Waals surface area contributed by atoms with Crippen LogP contribution in [0.15, 0.2) is 6.07 Å². The fourth-order valence-corrected chi connectivity index (χ4v) is 2.39. The maximum atomic E-state index is 13.2. The van der Waals surface area contributed by atoms with Crippen molar-refractivity contribution in [2.24, 2.45) is 0 Å². The van der Waals surface area contributed by atoms with Gasteiger partial charge in [-0.3, -0.25) is 0 Å². The fourth-order valence-electron chi connectivity index (χ4n) is 2.39. The van der Waals surface area contributed by atoms with Crippen LogP contribution in [0, 0.1) is 0 Å². The summed E-state index contributed by atoms with van der Waals surface area (Å²) in [6.07, 6.45) is -4.75. The van der Waals surface area contributed by atoms with E-state index in [1.165, 1.54) is 39.3 Å². The summed E-state index contributed by atoms with van der Waals surface area (Å²) in [6.45, 7) is -0.173. The highest BCUT2D eigenvalue weighted by molar-refractivity contribution is 5.97. The molecule has 25 heavy (non-hydrogen) atoms. The summed E-state index contributed by atoms with van der Waals surface area (Å²) in [4.78, 5) is 8.64. The number of benzene rings is 1. The average molecular weight is 361 g/mol. The number of ether oxygens (including phenoxy) is 3.